The Kier molecular flexibility index (Phi) is 3650. The van der Waals surface area contributed by atoms with E-state index >= 15 is 0 Å². The van der Waals surface area contributed by atoms with Crippen LogP contribution in [0.4, 0.5) is 0 Å². The number of rotatable bonds is 0. The molecule has 9 heteroatoms. The van der Waals surface area contributed by atoms with Crippen LogP contribution >= 0.6 is 0 Å². The molecular weight excluding hydrogens is 335 g/mol. The Bertz CT molecular complexity index is 13.0. The van der Waals surface area contributed by atoms with Gasteiger partial charge in [-0.3, -0.25) is 0 Å². The monoisotopic (exact) mass is 335 g/mol. The van der Waals surface area contributed by atoms with Crippen LogP contribution in [-0.2, 0) is 73.1 Å². The zero-order valence-electron chi connectivity index (χ0n) is 3.90. The molecule has 54 valence electrons. The second-order valence-corrected chi connectivity index (χ2v) is 0. The fraction of sp³-hybridized carbons (Fsp3) is 0. The smallest absolute Gasteiger partial charge is 2.00 e. The molecule has 0 bridgehead atoms. The van der Waals surface area contributed by atoms with Gasteiger partial charge in [-0.15, -0.1) is 0 Å². The summed E-state index contributed by atoms with van der Waals surface area (Å²) in [4.78, 5) is 0. The van der Waals surface area contributed by atoms with Crippen molar-refractivity contribution in [1.82, 2.24) is 0 Å². The molecule has 0 amide bonds. The van der Waals surface area contributed by atoms with Crippen molar-refractivity contribution in [2.45, 2.75) is 0 Å². The molecule has 2 radical (unpaired) electrons. The Balaban J connectivity index is 0. The molecule has 0 saturated heterocycles. The minimum atomic E-state index is 0. The third-order valence-corrected chi connectivity index (χ3v) is 0. The van der Waals surface area contributed by atoms with Crippen LogP contribution in [-0.4, -0.2) is 0 Å². The molecule has 0 aliphatic rings. The van der Waals surface area contributed by atoms with Crippen LogP contribution in [0.5, 0.6) is 0 Å². The van der Waals surface area contributed by atoms with Gasteiger partial charge in [-0.2, -0.15) is 0 Å². The van der Waals surface area contributed by atoms with Gasteiger partial charge in [0, 0.05) is 18.6 Å². The predicted molar refractivity (Wildman–Crippen MR) is 4.12 cm³/mol. The van der Waals surface area contributed by atoms with E-state index < -0.39 is 0 Å². The predicted octanol–water partition coefficient (Wildman–Crippen LogP) is -0.718. The van der Waals surface area contributed by atoms with Gasteiger partial charge in [-0.1, -0.05) is 0 Å². The molecule has 0 aliphatic heterocycles. The number of hydrogen-bond acceptors (Lipinski definition) is 0. The second-order valence-electron chi connectivity index (χ2n) is 0. The van der Waals surface area contributed by atoms with E-state index in [-0.39, 0.29) is 115 Å². The SMILES string of the molecule is [Ce+3].[O-2].[O-2].[O-2].[O-2].[O-2].[O-2].[Ti+4].[V]. The first-order valence-corrected chi connectivity index (χ1v) is 0. The van der Waals surface area contributed by atoms with Crippen molar-refractivity contribution in [3.63, 3.8) is 0 Å². The largest absolute Gasteiger partial charge is 4.00 e. The van der Waals surface area contributed by atoms with E-state index in [1.54, 1.807) is 0 Å². The Hall–Kier alpha value is 2.44. The molecule has 0 unspecified atom stereocenters. The molecule has 0 aromatic carbocycles. The summed E-state index contributed by atoms with van der Waals surface area (Å²) in [6, 6.07) is 0. The van der Waals surface area contributed by atoms with E-state index in [4.69, 9.17) is 0 Å². The van der Waals surface area contributed by atoms with Gasteiger partial charge in [-0.05, 0) is 0 Å². The van der Waals surface area contributed by atoms with Crippen LogP contribution in [0, 0.1) is 41.7 Å². The van der Waals surface area contributed by atoms with Gasteiger partial charge in [0.05, 0.1) is 0 Å². The third-order valence-electron chi connectivity index (χ3n) is 0. The molecule has 0 spiro atoms. The molecule has 0 atom stereocenters. The Morgan fingerprint density at radius 1 is 0.444 bits per heavy atom. The molecule has 0 rings (SSSR count). The molecule has 0 saturated carbocycles. The Labute approximate surface area is 113 Å². The summed E-state index contributed by atoms with van der Waals surface area (Å²) in [5, 5.41) is 0. The maximum Gasteiger partial charge on any atom is 4.00 e. The maximum atomic E-state index is 0. The third kappa shape index (κ3) is 125. The normalized spacial score (nSPS) is 0. The van der Waals surface area contributed by atoms with Crippen molar-refractivity contribution in [3.8, 4) is 0 Å². The van der Waals surface area contributed by atoms with Crippen molar-refractivity contribution >= 4 is 0 Å². The summed E-state index contributed by atoms with van der Waals surface area (Å²) in [7, 11) is 0. The van der Waals surface area contributed by atoms with E-state index in [0.29, 0.717) is 0 Å². The summed E-state index contributed by atoms with van der Waals surface area (Å²) in [6.07, 6.45) is 0. The molecule has 9 heavy (non-hydrogen) atoms. The van der Waals surface area contributed by atoms with Crippen LogP contribution in [0.1, 0.15) is 0 Å². The van der Waals surface area contributed by atoms with Crippen molar-refractivity contribution in [2.24, 2.45) is 0 Å². The molecule has 0 aromatic rings. The summed E-state index contributed by atoms with van der Waals surface area (Å²) in [5.41, 5.74) is 0. The molecule has 0 N–H and O–H groups in total. The number of hydrogen-bond donors (Lipinski definition) is 0. The minimum absolute atomic E-state index is 0. The topological polar surface area (TPSA) is 171 Å². The zero-order chi connectivity index (χ0) is 0. The first kappa shape index (κ1) is 210. The van der Waals surface area contributed by atoms with E-state index in [0.717, 1.165) is 0 Å². The average molecular weight is 335 g/mol. The van der Waals surface area contributed by atoms with E-state index in [9.17, 15) is 0 Å². The van der Waals surface area contributed by atoms with Gasteiger partial charge >= 0.3 is 63.5 Å². The molecule has 0 aliphatic carbocycles. The fourth-order valence-electron chi connectivity index (χ4n) is 0. The first-order valence-electron chi connectivity index (χ1n) is 0. The molecule has 0 heterocycles. The molecule has 6 nitrogen and oxygen atoms in total. The van der Waals surface area contributed by atoms with Gasteiger partial charge in [-0.25, -0.2) is 0 Å². The first-order chi connectivity index (χ1) is 0. The Morgan fingerprint density at radius 3 is 0.444 bits per heavy atom. The molecule has 0 aromatic heterocycles. The summed E-state index contributed by atoms with van der Waals surface area (Å²) in [6.45, 7) is 0. The summed E-state index contributed by atoms with van der Waals surface area (Å²) in [5.74, 6) is 0. The van der Waals surface area contributed by atoms with E-state index in [2.05, 4.69) is 0 Å². The van der Waals surface area contributed by atoms with Gasteiger partial charge in [0.15, 0.2) is 0 Å². The van der Waals surface area contributed by atoms with Crippen LogP contribution in [0.25, 0.3) is 0 Å². The van der Waals surface area contributed by atoms with Gasteiger partial charge in [0.25, 0.3) is 0 Å². The van der Waals surface area contributed by atoms with Gasteiger partial charge in [0.1, 0.15) is 0 Å². The summed E-state index contributed by atoms with van der Waals surface area (Å²) < 4.78 is 0. The van der Waals surface area contributed by atoms with Gasteiger partial charge < -0.3 is 32.9 Å². The summed E-state index contributed by atoms with van der Waals surface area (Å²) >= 11 is 0. The van der Waals surface area contributed by atoms with Crippen molar-refractivity contribution in [1.29, 1.82) is 0 Å². The second kappa shape index (κ2) is 157. The average Bonchev–Trinajstić information content (AvgIpc) is 0. The molecule has 0 fully saturated rings. The van der Waals surface area contributed by atoms with Crippen LogP contribution in [0.2, 0.25) is 0 Å². The zero-order valence-corrected chi connectivity index (χ0v) is 10.00. The van der Waals surface area contributed by atoms with E-state index in [1.165, 1.54) is 0 Å². The van der Waals surface area contributed by atoms with E-state index in [1.807, 2.05) is 0 Å². The van der Waals surface area contributed by atoms with Crippen LogP contribution < -0.4 is 0 Å². The van der Waals surface area contributed by atoms with Crippen LogP contribution in [0.15, 0.2) is 0 Å². The Morgan fingerprint density at radius 2 is 0.444 bits per heavy atom. The van der Waals surface area contributed by atoms with Crippen molar-refractivity contribution in [3.05, 3.63) is 0 Å². The molecular formula is CeO6TiV-5. The standard InChI is InChI=1S/Ce.6O.Ti.V/q+3;6*-2;+4;. The minimum Gasteiger partial charge on any atom is -2.00 e. The quantitative estimate of drug-likeness (QED) is 0.509. The fourth-order valence-corrected chi connectivity index (χ4v) is 0. The van der Waals surface area contributed by atoms with Crippen molar-refractivity contribution < 1.29 is 115 Å². The van der Waals surface area contributed by atoms with Crippen molar-refractivity contribution in [2.75, 3.05) is 0 Å². The van der Waals surface area contributed by atoms with Gasteiger partial charge in [0.2, 0.25) is 0 Å². The van der Waals surface area contributed by atoms with Crippen LogP contribution in [0.3, 0.4) is 0 Å². The maximum absolute atomic E-state index is 0.